The van der Waals surface area contributed by atoms with Crippen LogP contribution in [0.3, 0.4) is 0 Å². The molecule has 132 valence electrons. The molecule has 4 N–H and O–H groups in total. The Kier molecular flexibility index (Phi) is 4.79. The van der Waals surface area contributed by atoms with E-state index < -0.39 is 24.4 Å². The molecule has 0 bridgehead atoms. The van der Waals surface area contributed by atoms with E-state index in [0.717, 1.165) is 29.7 Å². The monoisotopic (exact) mass is 364 g/mol. The Morgan fingerprint density at radius 1 is 1.24 bits per heavy atom. The molecular formula is C15H16N4O5S. The van der Waals surface area contributed by atoms with Gasteiger partial charge in [0, 0.05) is 17.7 Å². The van der Waals surface area contributed by atoms with Crippen molar-refractivity contribution in [2.45, 2.75) is 32.1 Å². The topological polar surface area (TPSA) is 140 Å². The predicted molar refractivity (Wildman–Crippen MR) is 89.3 cm³/mol. The number of rotatable bonds is 5. The minimum Gasteiger partial charge on any atom is -0.451 e. The first-order valence-electron chi connectivity index (χ1n) is 7.72. The van der Waals surface area contributed by atoms with Gasteiger partial charge < -0.3 is 15.8 Å². The molecule has 10 heteroatoms. The Hall–Kier alpha value is -2.75. The lowest BCUT2D eigenvalue weighted by atomic mass is 10.1. The first-order chi connectivity index (χ1) is 12.0. The molecule has 25 heavy (non-hydrogen) atoms. The molecule has 0 aromatic carbocycles. The third-order valence-corrected chi connectivity index (χ3v) is 5.10. The third-order valence-electron chi connectivity index (χ3n) is 3.90. The highest BCUT2D eigenvalue weighted by Crippen LogP contribution is 2.38. The van der Waals surface area contributed by atoms with Gasteiger partial charge >= 0.3 is 5.97 Å². The lowest BCUT2D eigenvalue weighted by Gasteiger charge is -2.11. The van der Waals surface area contributed by atoms with Crippen LogP contribution < -0.4 is 16.5 Å². The van der Waals surface area contributed by atoms with Gasteiger partial charge in [0.05, 0.1) is 5.56 Å². The average molecular weight is 364 g/mol. The number of amides is 3. The molecular weight excluding hydrogens is 348 g/mol. The first kappa shape index (κ1) is 17.1. The molecule has 0 saturated carbocycles. The number of hydrogen-bond acceptors (Lipinski definition) is 7. The van der Waals surface area contributed by atoms with Crippen LogP contribution in [-0.4, -0.2) is 36.0 Å². The summed E-state index contributed by atoms with van der Waals surface area (Å²) in [5.41, 5.74) is 8.90. The maximum absolute atomic E-state index is 12.0. The van der Waals surface area contributed by atoms with Crippen LogP contribution in [-0.2, 0) is 32.0 Å². The van der Waals surface area contributed by atoms with Crippen molar-refractivity contribution in [2.75, 3.05) is 11.9 Å². The van der Waals surface area contributed by atoms with Crippen LogP contribution in [0, 0.1) is 0 Å². The van der Waals surface area contributed by atoms with Crippen LogP contribution in [0.2, 0.25) is 0 Å². The van der Waals surface area contributed by atoms with E-state index in [1.165, 1.54) is 11.3 Å². The van der Waals surface area contributed by atoms with Crippen LogP contribution in [0.4, 0.5) is 5.00 Å². The lowest BCUT2D eigenvalue weighted by molar-refractivity contribution is -0.140. The summed E-state index contributed by atoms with van der Waals surface area (Å²) in [6.07, 6.45) is 2.89. The number of aryl methyl sites for hydroxylation is 1. The lowest BCUT2D eigenvalue weighted by Crippen LogP contribution is -2.32. The molecule has 9 nitrogen and oxygen atoms in total. The molecule has 0 fully saturated rings. The van der Waals surface area contributed by atoms with Gasteiger partial charge in [0.25, 0.3) is 11.8 Å². The van der Waals surface area contributed by atoms with Crippen molar-refractivity contribution < 1.29 is 23.9 Å². The number of carbonyl (C=O) groups excluding carboxylic acids is 4. The van der Waals surface area contributed by atoms with E-state index in [1.807, 2.05) is 0 Å². The van der Waals surface area contributed by atoms with Gasteiger partial charge in [-0.05, 0) is 24.8 Å². The summed E-state index contributed by atoms with van der Waals surface area (Å²) in [7, 11) is 0. The van der Waals surface area contributed by atoms with E-state index in [1.54, 1.807) is 0 Å². The second-order valence-electron chi connectivity index (χ2n) is 5.64. The number of nitrogens with zero attached hydrogens (tertiary/aromatic N) is 1. The molecule has 0 saturated heterocycles. The summed E-state index contributed by atoms with van der Waals surface area (Å²) in [5, 5.41) is 6.56. The van der Waals surface area contributed by atoms with Crippen molar-refractivity contribution in [3.05, 3.63) is 16.0 Å². The molecule has 0 radical (unpaired) electrons. The van der Waals surface area contributed by atoms with E-state index >= 15 is 0 Å². The van der Waals surface area contributed by atoms with E-state index in [4.69, 9.17) is 10.5 Å². The van der Waals surface area contributed by atoms with Crippen molar-refractivity contribution in [3.8, 4) is 0 Å². The summed E-state index contributed by atoms with van der Waals surface area (Å²) in [4.78, 5) is 47.5. The highest BCUT2D eigenvalue weighted by atomic mass is 32.1. The van der Waals surface area contributed by atoms with Crippen molar-refractivity contribution >= 4 is 45.7 Å². The van der Waals surface area contributed by atoms with E-state index in [0.29, 0.717) is 10.6 Å². The summed E-state index contributed by atoms with van der Waals surface area (Å²) in [6.45, 7) is -0.521. The molecule has 2 heterocycles. The van der Waals surface area contributed by atoms with E-state index in [2.05, 4.69) is 15.8 Å². The number of fused-ring (bicyclic) bond motifs is 1. The SMILES string of the molecule is NC(=O)c1c(NC(=O)COC(=O)C2=NNC(=O)CC2)sc2c1CCC2. The smallest absolute Gasteiger partial charge is 0.355 e. The number of hydrazone groups is 1. The zero-order chi connectivity index (χ0) is 18.0. The average Bonchev–Trinajstić information content (AvgIpc) is 3.13. The number of anilines is 1. The van der Waals surface area contributed by atoms with Crippen molar-refractivity contribution in [2.24, 2.45) is 10.8 Å². The van der Waals surface area contributed by atoms with Crippen LogP contribution in [0.15, 0.2) is 5.10 Å². The first-order valence-corrected chi connectivity index (χ1v) is 8.54. The third kappa shape index (κ3) is 3.68. The fourth-order valence-corrected chi connectivity index (χ4v) is 4.06. The summed E-state index contributed by atoms with van der Waals surface area (Å²) >= 11 is 1.32. The number of thiophene rings is 1. The highest BCUT2D eigenvalue weighted by Gasteiger charge is 2.26. The molecule has 3 rings (SSSR count). The van der Waals surface area contributed by atoms with Crippen LogP contribution in [0.25, 0.3) is 0 Å². The normalized spacial score (nSPS) is 15.8. The van der Waals surface area contributed by atoms with E-state index in [9.17, 15) is 19.2 Å². The Labute approximate surface area is 146 Å². The van der Waals surface area contributed by atoms with Gasteiger partial charge in [-0.2, -0.15) is 5.10 Å². The van der Waals surface area contributed by atoms with E-state index in [-0.39, 0.29) is 24.5 Å². The van der Waals surface area contributed by atoms with Gasteiger partial charge in [0.15, 0.2) is 6.61 Å². The number of hydrogen-bond donors (Lipinski definition) is 3. The zero-order valence-electron chi connectivity index (χ0n) is 13.2. The zero-order valence-corrected chi connectivity index (χ0v) is 14.0. The molecule has 0 atom stereocenters. The predicted octanol–water partition coefficient (Wildman–Crippen LogP) is 0.0834. The molecule has 1 aromatic rings. The number of carbonyl (C=O) groups is 4. The number of ether oxygens (including phenoxy) is 1. The van der Waals surface area contributed by atoms with Crippen molar-refractivity contribution in [3.63, 3.8) is 0 Å². The fourth-order valence-electron chi connectivity index (χ4n) is 2.75. The highest BCUT2D eigenvalue weighted by molar-refractivity contribution is 7.17. The summed E-state index contributed by atoms with van der Waals surface area (Å²) in [6, 6.07) is 0. The Balaban J connectivity index is 1.59. The quantitative estimate of drug-likeness (QED) is 0.635. The molecule has 2 aliphatic rings. The van der Waals surface area contributed by atoms with Crippen LogP contribution in [0.1, 0.15) is 40.1 Å². The molecule has 3 amide bonds. The molecule has 1 aliphatic carbocycles. The van der Waals surface area contributed by atoms with Crippen molar-refractivity contribution in [1.82, 2.24) is 5.43 Å². The van der Waals surface area contributed by atoms with Crippen LogP contribution in [0.5, 0.6) is 0 Å². The van der Waals surface area contributed by atoms with Crippen LogP contribution >= 0.6 is 11.3 Å². The number of nitrogens with two attached hydrogens (primary N) is 1. The molecule has 0 spiro atoms. The molecule has 1 aliphatic heterocycles. The minimum atomic E-state index is -0.765. The largest absolute Gasteiger partial charge is 0.451 e. The van der Waals surface area contributed by atoms with Gasteiger partial charge in [-0.1, -0.05) is 0 Å². The molecule has 1 aromatic heterocycles. The summed E-state index contributed by atoms with van der Waals surface area (Å²) in [5.74, 6) is -2.20. The molecule has 0 unspecified atom stereocenters. The fraction of sp³-hybridized carbons (Fsp3) is 0.400. The second-order valence-corrected chi connectivity index (χ2v) is 6.75. The minimum absolute atomic E-state index is 0.0559. The number of nitrogens with one attached hydrogen (secondary N) is 2. The Morgan fingerprint density at radius 3 is 2.72 bits per heavy atom. The number of primary amides is 1. The second kappa shape index (κ2) is 7.01. The maximum Gasteiger partial charge on any atom is 0.355 e. The summed E-state index contributed by atoms with van der Waals surface area (Å²) < 4.78 is 4.88. The standard InChI is InChI=1S/C15H16N4O5S/c16-13(22)12-7-2-1-3-9(7)25-14(12)17-11(21)6-24-15(23)8-4-5-10(20)19-18-8/h1-6H2,(H2,16,22)(H,17,21)(H,19,20). The van der Waals surface area contributed by atoms with Crippen molar-refractivity contribution in [1.29, 1.82) is 0 Å². The van der Waals surface area contributed by atoms with Gasteiger partial charge in [-0.3, -0.25) is 14.4 Å². The van der Waals surface area contributed by atoms with Gasteiger partial charge in [0.2, 0.25) is 5.91 Å². The number of esters is 1. The Morgan fingerprint density at radius 2 is 2.04 bits per heavy atom. The Bertz CT molecular complexity index is 798. The van der Waals surface area contributed by atoms with Gasteiger partial charge in [-0.15, -0.1) is 11.3 Å². The van der Waals surface area contributed by atoms with Gasteiger partial charge in [-0.25, -0.2) is 10.2 Å². The maximum atomic E-state index is 12.0. The van der Waals surface area contributed by atoms with Gasteiger partial charge in [0.1, 0.15) is 10.7 Å².